The van der Waals surface area contributed by atoms with Crippen molar-refractivity contribution in [3.05, 3.63) is 83.6 Å². The van der Waals surface area contributed by atoms with Crippen LogP contribution in [0.5, 0.6) is 5.75 Å². The minimum Gasteiger partial charge on any atom is -0.490 e. The van der Waals surface area contributed by atoms with Crippen molar-refractivity contribution in [1.82, 2.24) is 10.0 Å². The summed E-state index contributed by atoms with van der Waals surface area (Å²) >= 11 is 0. The van der Waals surface area contributed by atoms with Gasteiger partial charge in [0.05, 0.1) is 24.3 Å². The number of ether oxygens (including phenoxy) is 1. The van der Waals surface area contributed by atoms with Crippen LogP contribution in [0.3, 0.4) is 0 Å². The average Bonchev–Trinajstić information content (AvgIpc) is 3.27. The van der Waals surface area contributed by atoms with Crippen LogP contribution in [0, 0.1) is 12.7 Å². The third-order valence-electron chi connectivity index (χ3n) is 4.48. The van der Waals surface area contributed by atoms with Gasteiger partial charge in [0.15, 0.2) is 11.6 Å². The molecule has 0 fully saturated rings. The van der Waals surface area contributed by atoms with E-state index in [1.54, 1.807) is 37.3 Å². The molecule has 2 N–H and O–H groups in total. The molecular formula is C22H23FN2O5S. The summed E-state index contributed by atoms with van der Waals surface area (Å²) < 4.78 is 51.5. The van der Waals surface area contributed by atoms with Crippen molar-refractivity contribution in [1.29, 1.82) is 0 Å². The van der Waals surface area contributed by atoms with Gasteiger partial charge in [-0.3, -0.25) is 4.79 Å². The molecule has 0 bridgehead atoms. The third-order valence-corrected chi connectivity index (χ3v) is 5.88. The maximum atomic E-state index is 13.5. The summed E-state index contributed by atoms with van der Waals surface area (Å²) in [5.74, 6) is -0.205. The Labute approximate surface area is 180 Å². The molecule has 0 aliphatic rings. The Hall–Kier alpha value is -3.17. The zero-order valence-electron chi connectivity index (χ0n) is 16.9. The SMILES string of the molecule is Cc1ccc(S(=O)(=O)NCc2ccco2)cc1C(=O)NCCCOc1ccccc1F. The number of sulfonamides is 1. The maximum Gasteiger partial charge on any atom is 0.251 e. The third kappa shape index (κ3) is 6.16. The van der Waals surface area contributed by atoms with Gasteiger partial charge in [-0.15, -0.1) is 0 Å². The number of carbonyl (C=O) groups is 1. The van der Waals surface area contributed by atoms with Gasteiger partial charge in [-0.05, 0) is 55.3 Å². The second-order valence-corrected chi connectivity index (χ2v) is 8.54. The summed E-state index contributed by atoms with van der Waals surface area (Å²) in [6.07, 6.45) is 1.92. The second-order valence-electron chi connectivity index (χ2n) is 6.77. The van der Waals surface area contributed by atoms with Gasteiger partial charge >= 0.3 is 0 Å². The number of hydrogen-bond acceptors (Lipinski definition) is 5. The highest BCUT2D eigenvalue weighted by molar-refractivity contribution is 7.89. The van der Waals surface area contributed by atoms with Crippen LogP contribution in [0.25, 0.3) is 0 Å². The van der Waals surface area contributed by atoms with E-state index in [4.69, 9.17) is 9.15 Å². The Kier molecular flexibility index (Phi) is 7.43. The van der Waals surface area contributed by atoms with Crippen LogP contribution in [-0.4, -0.2) is 27.5 Å². The molecule has 0 saturated carbocycles. The molecule has 0 spiro atoms. The van der Waals surface area contributed by atoms with Crippen molar-refractivity contribution in [2.75, 3.05) is 13.2 Å². The molecular weight excluding hydrogens is 423 g/mol. The summed E-state index contributed by atoms with van der Waals surface area (Å²) in [5, 5.41) is 2.73. The molecule has 31 heavy (non-hydrogen) atoms. The lowest BCUT2D eigenvalue weighted by molar-refractivity contribution is 0.0950. The average molecular weight is 447 g/mol. The number of benzene rings is 2. The molecule has 3 aromatic rings. The number of furan rings is 1. The van der Waals surface area contributed by atoms with E-state index in [1.165, 1.54) is 30.5 Å². The van der Waals surface area contributed by atoms with Crippen LogP contribution >= 0.6 is 0 Å². The fraction of sp³-hybridized carbons (Fsp3) is 0.227. The van der Waals surface area contributed by atoms with Gasteiger partial charge in [-0.25, -0.2) is 17.5 Å². The van der Waals surface area contributed by atoms with E-state index in [9.17, 15) is 17.6 Å². The standard InChI is InChI=1S/C22H23FN2O5S/c1-16-9-10-18(31(27,28)25-15-17-6-4-12-29-17)14-19(16)22(26)24-11-5-13-30-21-8-3-2-7-20(21)23/h2-4,6-10,12,14,25H,5,11,13,15H2,1H3,(H,24,26). The maximum absolute atomic E-state index is 13.5. The summed E-state index contributed by atoms with van der Waals surface area (Å²) in [5.41, 5.74) is 0.904. The largest absolute Gasteiger partial charge is 0.490 e. The Balaban J connectivity index is 1.55. The van der Waals surface area contributed by atoms with E-state index in [2.05, 4.69) is 10.0 Å². The Morgan fingerprint density at radius 3 is 2.68 bits per heavy atom. The summed E-state index contributed by atoms with van der Waals surface area (Å²) in [7, 11) is -3.82. The van der Waals surface area contributed by atoms with Crippen molar-refractivity contribution < 1.29 is 26.8 Å². The van der Waals surface area contributed by atoms with Gasteiger partial charge in [0.25, 0.3) is 5.91 Å². The van der Waals surface area contributed by atoms with Crippen LogP contribution in [0.1, 0.15) is 28.1 Å². The number of amides is 1. The zero-order valence-corrected chi connectivity index (χ0v) is 17.7. The second kappa shape index (κ2) is 10.2. The molecule has 0 saturated heterocycles. The number of para-hydroxylation sites is 1. The van der Waals surface area contributed by atoms with Crippen molar-refractivity contribution >= 4 is 15.9 Å². The number of aryl methyl sites for hydroxylation is 1. The molecule has 0 unspecified atom stereocenters. The van der Waals surface area contributed by atoms with Gasteiger partial charge in [0, 0.05) is 12.1 Å². The number of carbonyl (C=O) groups excluding carboxylic acids is 1. The number of nitrogens with one attached hydrogen (secondary N) is 2. The predicted octanol–water partition coefficient (Wildman–Crippen LogP) is 3.40. The molecule has 1 amide bonds. The van der Waals surface area contributed by atoms with Gasteiger partial charge < -0.3 is 14.5 Å². The molecule has 1 heterocycles. The molecule has 9 heteroatoms. The molecule has 7 nitrogen and oxygen atoms in total. The lowest BCUT2D eigenvalue weighted by atomic mass is 10.1. The normalized spacial score (nSPS) is 11.3. The van der Waals surface area contributed by atoms with Crippen molar-refractivity contribution in [2.24, 2.45) is 0 Å². The number of hydrogen-bond donors (Lipinski definition) is 2. The van der Waals surface area contributed by atoms with Crippen LogP contribution in [0.2, 0.25) is 0 Å². The molecule has 1 aromatic heterocycles. The van der Waals surface area contributed by atoms with E-state index < -0.39 is 21.7 Å². The summed E-state index contributed by atoms with van der Waals surface area (Å²) in [6, 6.07) is 13.8. The number of halogens is 1. The minimum atomic E-state index is -3.82. The Morgan fingerprint density at radius 1 is 1.13 bits per heavy atom. The van der Waals surface area contributed by atoms with Crippen LogP contribution in [0.15, 0.2) is 70.2 Å². The first kappa shape index (κ1) is 22.5. The zero-order chi connectivity index (χ0) is 22.3. The molecule has 2 aromatic carbocycles. The molecule has 0 aliphatic heterocycles. The van der Waals surface area contributed by atoms with E-state index in [0.717, 1.165) is 0 Å². The van der Waals surface area contributed by atoms with Gasteiger partial charge in [-0.2, -0.15) is 0 Å². The lowest BCUT2D eigenvalue weighted by Crippen LogP contribution is -2.27. The monoisotopic (exact) mass is 446 g/mol. The van der Waals surface area contributed by atoms with Crippen LogP contribution in [0.4, 0.5) is 4.39 Å². The molecule has 164 valence electrons. The van der Waals surface area contributed by atoms with E-state index in [0.29, 0.717) is 24.3 Å². The van der Waals surface area contributed by atoms with E-state index in [-0.39, 0.29) is 29.4 Å². The smallest absolute Gasteiger partial charge is 0.251 e. The van der Waals surface area contributed by atoms with Crippen molar-refractivity contribution in [2.45, 2.75) is 24.8 Å². The fourth-order valence-electron chi connectivity index (χ4n) is 2.79. The molecule has 0 aliphatic carbocycles. The van der Waals surface area contributed by atoms with Gasteiger partial charge in [-0.1, -0.05) is 18.2 Å². The first-order valence-electron chi connectivity index (χ1n) is 9.65. The molecule has 0 atom stereocenters. The lowest BCUT2D eigenvalue weighted by Gasteiger charge is -2.11. The summed E-state index contributed by atoms with van der Waals surface area (Å²) in [6.45, 7) is 2.25. The Morgan fingerprint density at radius 2 is 1.94 bits per heavy atom. The topological polar surface area (TPSA) is 97.6 Å². The number of rotatable bonds is 10. The first-order valence-corrected chi connectivity index (χ1v) is 11.1. The highest BCUT2D eigenvalue weighted by Gasteiger charge is 2.18. The highest BCUT2D eigenvalue weighted by atomic mass is 32.2. The van der Waals surface area contributed by atoms with Crippen molar-refractivity contribution in [3.63, 3.8) is 0 Å². The molecule has 0 radical (unpaired) electrons. The Bertz CT molecular complexity index is 1130. The van der Waals surface area contributed by atoms with Gasteiger partial charge in [0.2, 0.25) is 10.0 Å². The first-order chi connectivity index (χ1) is 14.9. The highest BCUT2D eigenvalue weighted by Crippen LogP contribution is 2.17. The summed E-state index contributed by atoms with van der Waals surface area (Å²) in [4.78, 5) is 12.5. The van der Waals surface area contributed by atoms with E-state index >= 15 is 0 Å². The van der Waals surface area contributed by atoms with Gasteiger partial charge in [0.1, 0.15) is 5.76 Å². The quantitative estimate of drug-likeness (QED) is 0.465. The predicted molar refractivity (Wildman–Crippen MR) is 113 cm³/mol. The minimum absolute atomic E-state index is 0.00669. The molecule has 3 rings (SSSR count). The fourth-order valence-corrected chi connectivity index (χ4v) is 3.81. The van der Waals surface area contributed by atoms with E-state index in [1.807, 2.05) is 0 Å². The van der Waals surface area contributed by atoms with Crippen LogP contribution in [-0.2, 0) is 16.6 Å². The van der Waals surface area contributed by atoms with Crippen molar-refractivity contribution in [3.8, 4) is 5.75 Å². The van der Waals surface area contributed by atoms with Crippen LogP contribution < -0.4 is 14.8 Å².